The minimum atomic E-state index is -4.45. The summed E-state index contributed by atoms with van der Waals surface area (Å²) in [6, 6.07) is 11.2. The van der Waals surface area contributed by atoms with Gasteiger partial charge in [-0.05, 0) is 29.8 Å². The molecule has 1 heterocycles. The summed E-state index contributed by atoms with van der Waals surface area (Å²) >= 11 is 0. The number of carbonyl (C=O) groups excluding carboxylic acids is 2. The summed E-state index contributed by atoms with van der Waals surface area (Å²) in [5.41, 5.74) is 0.235. The highest BCUT2D eigenvalue weighted by molar-refractivity contribution is 6.52. The van der Waals surface area contributed by atoms with Gasteiger partial charge in [0.15, 0.2) is 0 Å². The number of alkyl halides is 3. The van der Waals surface area contributed by atoms with Gasteiger partial charge >= 0.3 is 6.18 Å². The lowest BCUT2D eigenvalue weighted by atomic mass is 10.1. The normalized spacial score (nSPS) is 14.4. The van der Waals surface area contributed by atoms with Crippen molar-refractivity contribution in [3.8, 4) is 0 Å². The molecule has 1 aliphatic heterocycles. The van der Waals surface area contributed by atoms with Crippen LogP contribution in [0.4, 0.5) is 18.9 Å². The van der Waals surface area contributed by atoms with Crippen LogP contribution in [-0.4, -0.2) is 11.7 Å². The van der Waals surface area contributed by atoms with E-state index in [4.69, 9.17) is 0 Å². The van der Waals surface area contributed by atoms with Crippen molar-refractivity contribution in [3.63, 3.8) is 0 Å². The highest BCUT2D eigenvalue weighted by atomic mass is 19.4. The molecule has 2 aromatic rings. The number of carbonyl (C=O) groups is 2. The van der Waals surface area contributed by atoms with Crippen LogP contribution in [0.15, 0.2) is 48.5 Å². The minimum Gasteiger partial charge on any atom is -0.300 e. The molecule has 0 atom stereocenters. The van der Waals surface area contributed by atoms with Crippen molar-refractivity contribution in [2.24, 2.45) is 0 Å². The monoisotopic (exact) mass is 305 g/mol. The zero-order chi connectivity index (χ0) is 15.9. The molecule has 0 unspecified atom stereocenters. The first kappa shape index (κ1) is 14.3. The van der Waals surface area contributed by atoms with Crippen molar-refractivity contribution in [2.45, 2.75) is 12.7 Å². The van der Waals surface area contributed by atoms with E-state index in [-0.39, 0.29) is 12.1 Å². The van der Waals surface area contributed by atoms with Crippen LogP contribution < -0.4 is 4.90 Å². The van der Waals surface area contributed by atoms with Crippen LogP contribution in [0, 0.1) is 0 Å². The molecule has 112 valence electrons. The maximum Gasteiger partial charge on any atom is 0.416 e. The van der Waals surface area contributed by atoms with Gasteiger partial charge in [0.25, 0.3) is 11.7 Å². The molecule has 2 aromatic carbocycles. The molecule has 1 aliphatic rings. The second-order valence-corrected chi connectivity index (χ2v) is 4.94. The first-order chi connectivity index (χ1) is 10.4. The number of hydrogen-bond acceptors (Lipinski definition) is 2. The molecule has 0 aliphatic carbocycles. The Balaban J connectivity index is 1.94. The maximum absolute atomic E-state index is 12.7. The minimum absolute atomic E-state index is 0.0779. The number of para-hydroxylation sites is 1. The van der Waals surface area contributed by atoms with Gasteiger partial charge in [-0.2, -0.15) is 13.2 Å². The molecule has 0 radical (unpaired) electrons. The maximum atomic E-state index is 12.7. The molecule has 3 nitrogen and oxygen atoms in total. The third-order valence-electron chi connectivity index (χ3n) is 3.47. The van der Waals surface area contributed by atoms with E-state index in [0.29, 0.717) is 11.3 Å². The number of anilines is 1. The highest BCUT2D eigenvalue weighted by Gasteiger charge is 2.36. The molecule has 22 heavy (non-hydrogen) atoms. The Morgan fingerprint density at radius 2 is 1.68 bits per heavy atom. The number of amides is 1. The summed E-state index contributed by atoms with van der Waals surface area (Å²) in [6.07, 6.45) is -4.45. The third-order valence-corrected chi connectivity index (χ3v) is 3.47. The molecule has 1 amide bonds. The fourth-order valence-corrected chi connectivity index (χ4v) is 2.43. The molecule has 0 fully saturated rings. The van der Waals surface area contributed by atoms with Gasteiger partial charge in [0, 0.05) is 0 Å². The zero-order valence-electron chi connectivity index (χ0n) is 11.2. The molecule has 0 N–H and O–H groups in total. The van der Waals surface area contributed by atoms with Gasteiger partial charge in [0.1, 0.15) is 0 Å². The summed E-state index contributed by atoms with van der Waals surface area (Å²) in [5.74, 6) is -1.36. The van der Waals surface area contributed by atoms with Gasteiger partial charge < -0.3 is 4.90 Å². The molecular weight excluding hydrogens is 295 g/mol. The summed E-state index contributed by atoms with van der Waals surface area (Å²) in [6.45, 7) is -0.0779. The van der Waals surface area contributed by atoms with Gasteiger partial charge in [-0.1, -0.05) is 24.3 Å². The largest absolute Gasteiger partial charge is 0.416 e. The van der Waals surface area contributed by atoms with Crippen LogP contribution >= 0.6 is 0 Å². The zero-order valence-corrected chi connectivity index (χ0v) is 11.2. The lowest BCUT2D eigenvalue weighted by Gasteiger charge is -2.17. The molecule has 0 saturated heterocycles. The van der Waals surface area contributed by atoms with E-state index < -0.39 is 23.4 Å². The lowest BCUT2D eigenvalue weighted by Crippen LogP contribution is -2.29. The van der Waals surface area contributed by atoms with E-state index in [9.17, 15) is 22.8 Å². The van der Waals surface area contributed by atoms with Crippen LogP contribution in [-0.2, 0) is 17.5 Å². The van der Waals surface area contributed by atoms with Crippen molar-refractivity contribution in [1.29, 1.82) is 0 Å². The van der Waals surface area contributed by atoms with Crippen molar-refractivity contribution < 1.29 is 22.8 Å². The van der Waals surface area contributed by atoms with Crippen molar-refractivity contribution in [3.05, 3.63) is 65.2 Å². The van der Waals surface area contributed by atoms with Gasteiger partial charge in [-0.15, -0.1) is 0 Å². The van der Waals surface area contributed by atoms with E-state index in [1.54, 1.807) is 18.2 Å². The predicted molar refractivity (Wildman–Crippen MR) is 73.4 cm³/mol. The van der Waals surface area contributed by atoms with E-state index in [2.05, 4.69) is 0 Å². The number of rotatable bonds is 2. The number of benzene rings is 2. The second kappa shape index (κ2) is 4.98. The van der Waals surface area contributed by atoms with Crippen LogP contribution in [0.25, 0.3) is 0 Å². The second-order valence-electron chi connectivity index (χ2n) is 4.94. The van der Waals surface area contributed by atoms with Crippen LogP contribution in [0.1, 0.15) is 21.5 Å². The standard InChI is InChI=1S/C16H10F3NO2/c17-16(18,19)11-5-3-4-10(8-11)9-20-13-7-2-1-6-12(13)14(21)15(20)22/h1-8H,9H2. The number of nitrogens with zero attached hydrogens (tertiary/aromatic N) is 1. The van der Waals surface area contributed by atoms with E-state index in [0.717, 1.165) is 12.1 Å². The van der Waals surface area contributed by atoms with Gasteiger partial charge in [-0.3, -0.25) is 9.59 Å². The summed E-state index contributed by atoms with van der Waals surface area (Å²) < 4.78 is 38.2. The molecule has 0 aromatic heterocycles. The van der Waals surface area contributed by atoms with Crippen molar-refractivity contribution in [2.75, 3.05) is 4.90 Å². The average molecular weight is 305 g/mol. The van der Waals surface area contributed by atoms with Crippen molar-refractivity contribution >= 4 is 17.4 Å². The third kappa shape index (κ3) is 2.36. The Kier molecular flexibility index (Phi) is 3.24. The van der Waals surface area contributed by atoms with Crippen LogP contribution in [0.3, 0.4) is 0 Å². The first-order valence-corrected chi connectivity index (χ1v) is 6.49. The van der Waals surface area contributed by atoms with Gasteiger partial charge in [0.2, 0.25) is 0 Å². The van der Waals surface area contributed by atoms with Crippen LogP contribution in [0.2, 0.25) is 0 Å². The average Bonchev–Trinajstić information content (AvgIpc) is 2.72. The van der Waals surface area contributed by atoms with E-state index >= 15 is 0 Å². The molecule has 0 spiro atoms. The number of fused-ring (bicyclic) bond motifs is 1. The topological polar surface area (TPSA) is 37.4 Å². The Morgan fingerprint density at radius 3 is 2.41 bits per heavy atom. The molecule has 0 bridgehead atoms. The summed E-state index contributed by atoms with van der Waals surface area (Å²) in [4.78, 5) is 25.1. The summed E-state index contributed by atoms with van der Waals surface area (Å²) in [7, 11) is 0. The molecule has 3 rings (SSSR count). The quantitative estimate of drug-likeness (QED) is 0.797. The molecular formula is C16H10F3NO2. The number of halogens is 3. The Morgan fingerprint density at radius 1 is 0.955 bits per heavy atom. The smallest absolute Gasteiger partial charge is 0.300 e. The molecule has 6 heteroatoms. The van der Waals surface area contributed by atoms with Gasteiger partial charge in [-0.25, -0.2) is 0 Å². The lowest BCUT2D eigenvalue weighted by molar-refractivity contribution is -0.137. The van der Waals surface area contributed by atoms with E-state index in [1.807, 2.05) is 0 Å². The Bertz CT molecular complexity index is 768. The van der Waals surface area contributed by atoms with Gasteiger partial charge in [0.05, 0.1) is 23.4 Å². The predicted octanol–water partition coefficient (Wildman–Crippen LogP) is 3.43. The highest BCUT2D eigenvalue weighted by Crippen LogP contribution is 2.32. The Labute approximate surface area is 124 Å². The van der Waals surface area contributed by atoms with E-state index in [1.165, 1.54) is 23.1 Å². The Hall–Kier alpha value is -2.63. The van der Waals surface area contributed by atoms with Crippen molar-refractivity contribution in [1.82, 2.24) is 0 Å². The number of ketones is 1. The molecule has 0 saturated carbocycles. The SMILES string of the molecule is O=C1C(=O)N(Cc2cccc(C(F)(F)F)c2)c2ccccc21. The summed E-state index contributed by atoms with van der Waals surface area (Å²) in [5, 5.41) is 0. The fourth-order valence-electron chi connectivity index (χ4n) is 2.43. The van der Waals surface area contributed by atoms with Crippen LogP contribution in [0.5, 0.6) is 0 Å². The first-order valence-electron chi connectivity index (χ1n) is 6.49. The number of Topliss-reactive ketones (excluding diaryl/α,β-unsaturated/α-hetero) is 1. The number of hydrogen-bond donors (Lipinski definition) is 0. The fraction of sp³-hybridized carbons (Fsp3) is 0.125.